The molecule has 0 aliphatic carbocycles. The van der Waals surface area contributed by atoms with Crippen LogP contribution in [0.25, 0.3) is 0 Å². The van der Waals surface area contributed by atoms with Gasteiger partial charge in [0.2, 0.25) is 0 Å². The highest BCUT2D eigenvalue weighted by molar-refractivity contribution is 5.70. The molecule has 0 aromatic heterocycles. The summed E-state index contributed by atoms with van der Waals surface area (Å²) in [5, 5.41) is 39.8. The second kappa shape index (κ2) is 29.6. The van der Waals surface area contributed by atoms with E-state index < -0.39 is 49.4 Å². The highest BCUT2D eigenvalue weighted by Gasteiger charge is 2.44. The smallest absolute Gasteiger partial charge is 0.306 e. The molecule has 0 aromatic rings. The minimum atomic E-state index is -1.59. The number of carbonyl (C=O) groups excluding carboxylic acids is 2. The molecule has 0 aromatic carbocycles. The van der Waals surface area contributed by atoms with Crippen LogP contribution in [0.5, 0.6) is 0 Å². The van der Waals surface area contributed by atoms with Crippen LogP contribution in [0.15, 0.2) is 0 Å². The number of carbonyl (C=O) groups is 2. The third-order valence-electron chi connectivity index (χ3n) is 8.99. The molecular weight excluding hydrogens is 604 g/mol. The standard InChI is InChI=1S/C37H70O10/c1-3-5-7-9-11-13-15-17-19-21-23-25-32(39)44-28-30(29-45-37-36(43)35(42)34(41)31(27-38)47-37)46-33(40)26-24-22-20-18-16-14-12-10-8-6-4-2/h30-31,34-38,41-43H,3-29H2,1-2H3/t30?,31-,34+,35+,36-,37-/m1/s1. The Morgan fingerprint density at radius 1 is 0.574 bits per heavy atom. The molecule has 0 radical (unpaired) electrons. The Kier molecular flexibility index (Phi) is 27.5. The largest absolute Gasteiger partial charge is 0.462 e. The summed E-state index contributed by atoms with van der Waals surface area (Å²) in [6, 6.07) is 0. The van der Waals surface area contributed by atoms with E-state index in [1.165, 1.54) is 96.3 Å². The van der Waals surface area contributed by atoms with Crippen LogP contribution < -0.4 is 0 Å². The number of hydrogen-bond donors (Lipinski definition) is 4. The van der Waals surface area contributed by atoms with E-state index in [4.69, 9.17) is 18.9 Å². The lowest BCUT2D eigenvalue weighted by molar-refractivity contribution is -0.305. The van der Waals surface area contributed by atoms with Crippen LogP contribution in [-0.2, 0) is 28.5 Å². The maximum atomic E-state index is 12.6. The first-order valence-corrected chi connectivity index (χ1v) is 19.1. The molecule has 1 aliphatic heterocycles. The van der Waals surface area contributed by atoms with Crippen molar-refractivity contribution in [3.8, 4) is 0 Å². The van der Waals surface area contributed by atoms with E-state index in [0.717, 1.165) is 38.5 Å². The van der Waals surface area contributed by atoms with Crippen LogP contribution in [0, 0.1) is 0 Å². The third kappa shape index (κ3) is 22.1. The number of ether oxygens (including phenoxy) is 4. The Morgan fingerprint density at radius 2 is 1.00 bits per heavy atom. The fourth-order valence-electron chi connectivity index (χ4n) is 5.89. The van der Waals surface area contributed by atoms with Crippen molar-refractivity contribution in [2.75, 3.05) is 19.8 Å². The van der Waals surface area contributed by atoms with Crippen LogP contribution >= 0.6 is 0 Å². The van der Waals surface area contributed by atoms with Gasteiger partial charge in [-0.3, -0.25) is 9.59 Å². The molecule has 0 bridgehead atoms. The predicted octanol–water partition coefficient (Wildman–Crippen LogP) is 6.66. The normalized spacial score (nSPS) is 21.9. The fraction of sp³-hybridized carbons (Fsp3) is 0.946. The Balaban J connectivity index is 2.40. The monoisotopic (exact) mass is 674 g/mol. The molecule has 6 atom stereocenters. The van der Waals surface area contributed by atoms with Gasteiger partial charge in [-0.2, -0.15) is 0 Å². The van der Waals surface area contributed by atoms with E-state index in [1.54, 1.807) is 0 Å². The van der Waals surface area contributed by atoms with Crippen LogP contribution in [0.2, 0.25) is 0 Å². The molecule has 1 saturated heterocycles. The molecule has 10 nitrogen and oxygen atoms in total. The van der Waals surface area contributed by atoms with Crippen LogP contribution in [0.4, 0.5) is 0 Å². The zero-order valence-electron chi connectivity index (χ0n) is 29.8. The molecule has 0 spiro atoms. The van der Waals surface area contributed by atoms with Crippen molar-refractivity contribution in [2.24, 2.45) is 0 Å². The molecule has 0 saturated carbocycles. The molecule has 10 heteroatoms. The number of esters is 2. The van der Waals surface area contributed by atoms with Crippen molar-refractivity contribution in [1.82, 2.24) is 0 Å². The summed E-state index contributed by atoms with van der Waals surface area (Å²) in [5.41, 5.74) is 0. The van der Waals surface area contributed by atoms with Gasteiger partial charge >= 0.3 is 11.9 Å². The van der Waals surface area contributed by atoms with Crippen LogP contribution in [-0.4, -0.2) is 89.0 Å². The molecule has 1 aliphatic rings. The number of hydrogen-bond acceptors (Lipinski definition) is 10. The van der Waals surface area contributed by atoms with Gasteiger partial charge in [0.15, 0.2) is 12.4 Å². The SMILES string of the molecule is CCCCCCCCCCCCCC(=O)OCC(CO[C@@H]1O[C@H](CO)[C@H](O)[C@H](O)[C@H]1O)OC(=O)CCCCCCCCCCCCC. The molecule has 278 valence electrons. The molecule has 1 fully saturated rings. The Hall–Kier alpha value is -1.30. The Labute approximate surface area is 285 Å². The lowest BCUT2D eigenvalue weighted by Gasteiger charge is -2.39. The first-order valence-electron chi connectivity index (χ1n) is 19.1. The van der Waals surface area contributed by atoms with Gasteiger partial charge in [0.1, 0.15) is 31.0 Å². The van der Waals surface area contributed by atoms with Gasteiger partial charge in [-0.15, -0.1) is 0 Å². The quantitative estimate of drug-likeness (QED) is 0.0464. The van der Waals surface area contributed by atoms with Gasteiger partial charge in [0, 0.05) is 12.8 Å². The topological polar surface area (TPSA) is 152 Å². The highest BCUT2D eigenvalue weighted by Crippen LogP contribution is 2.22. The van der Waals surface area contributed by atoms with Gasteiger partial charge in [-0.05, 0) is 12.8 Å². The van der Waals surface area contributed by atoms with Crippen molar-refractivity contribution in [3.63, 3.8) is 0 Å². The van der Waals surface area contributed by atoms with Crippen molar-refractivity contribution in [2.45, 2.75) is 205 Å². The average Bonchev–Trinajstić information content (AvgIpc) is 3.06. The van der Waals surface area contributed by atoms with E-state index in [0.29, 0.717) is 6.42 Å². The summed E-state index contributed by atoms with van der Waals surface area (Å²) in [7, 11) is 0. The molecule has 47 heavy (non-hydrogen) atoms. The maximum Gasteiger partial charge on any atom is 0.306 e. The summed E-state index contributed by atoms with van der Waals surface area (Å²) < 4.78 is 22.0. The van der Waals surface area contributed by atoms with Gasteiger partial charge < -0.3 is 39.4 Å². The minimum absolute atomic E-state index is 0.210. The lowest BCUT2D eigenvalue weighted by Crippen LogP contribution is -2.59. The molecule has 0 amide bonds. The molecule has 1 heterocycles. The van der Waals surface area contributed by atoms with E-state index in [2.05, 4.69) is 13.8 Å². The van der Waals surface area contributed by atoms with E-state index >= 15 is 0 Å². The second-order valence-corrected chi connectivity index (χ2v) is 13.4. The summed E-state index contributed by atoms with van der Waals surface area (Å²) in [6.45, 7) is 3.39. The Bertz CT molecular complexity index is 749. The van der Waals surface area contributed by atoms with Crippen molar-refractivity contribution in [3.05, 3.63) is 0 Å². The van der Waals surface area contributed by atoms with Gasteiger partial charge in [-0.1, -0.05) is 142 Å². The van der Waals surface area contributed by atoms with Crippen molar-refractivity contribution < 1.29 is 49.0 Å². The lowest BCUT2D eigenvalue weighted by atomic mass is 9.99. The zero-order chi connectivity index (χ0) is 34.5. The fourth-order valence-corrected chi connectivity index (χ4v) is 5.89. The summed E-state index contributed by atoms with van der Waals surface area (Å²) >= 11 is 0. The molecule has 1 unspecified atom stereocenters. The van der Waals surface area contributed by atoms with E-state index in [1.807, 2.05) is 0 Å². The molecule has 1 rings (SSSR count). The van der Waals surface area contributed by atoms with Gasteiger partial charge in [0.25, 0.3) is 0 Å². The number of aliphatic hydroxyl groups is 4. The molecule has 4 N–H and O–H groups in total. The first kappa shape index (κ1) is 43.7. The zero-order valence-corrected chi connectivity index (χ0v) is 29.8. The number of aliphatic hydroxyl groups excluding tert-OH is 4. The maximum absolute atomic E-state index is 12.6. The first-order chi connectivity index (χ1) is 22.8. The van der Waals surface area contributed by atoms with E-state index in [-0.39, 0.29) is 32.0 Å². The van der Waals surface area contributed by atoms with Gasteiger partial charge in [0.05, 0.1) is 13.2 Å². The van der Waals surface area contributed by atoms with E-state index in [9.17, 15) is 30.0 Å². The average molecular weight is 675 g/mol. The second-order valence-electron chi connectivity index (χ2n) is 13.4. The summed E-state index contributed by atoms with van der Waals surface area (Å²) in [5.74, 6) is -0.801. The summed E-state index contributed by atoms with van der Waals surface area (Å²) in [4.78, 5) is 25.1. The summed E-state index contributed by atoms with van der Waals surface area (Å²) in [6.07, 6.45) is 18.3. The number of unbranched alkanes of at least 4 members (excludes halogenated alkanes) is 20. The predicted molar refractivity (Wildman–Crippen MR) is 183 cm³/mol. The van der Waals surface area contributed by atoms with Crippen molar-refractivity contribution >= 4 is 11.9 Å². The highest BCUT2D eigenvalue weighted by atomic mass is 16.7. The third-order valence-corrected chi connectivity index (χ3v) is 8.99. The number of rotatable bonds is 31. The van der Waals surface area contributed by atoms with Crippen LogP contribution in [0.3, 0.4) is 0 Å². The Morgan fingerprint density at radius 3 is 1.45 bits per heavy atom. The van der Waals surface area contributed by atoms with Crippen molar-refractivity contribution in [1.29, 1.82) is 0 Å². The molecular formula is C37H70O10. The van der Waals surface area contributed by atoms with Crippen LogP contribution in [0.1, 0.15) is 168 Å². The minimum Gasteiger partial charge on any atom is -0.462 e. The van der Waals surface area contributed by atoms with Gasteiger partial charge in [-0.25, -0.2) is 0 Å².